The molecule has 11 heteroatoms. The fraction of sp³-hybridized carbons (Fsp3) is 0.600. The minimum absolute atomic E-state index is 0.111. The Kier molecular flexibility index (Phi) is 6.82. The fourth-order valence-corrected chi connectivity index (χ4v) is 3.75. The first-order chi connectivity index (χ1) is 12.3. The highest BCUT2D eigenvalue weighted by Crippen LogP contribution is 2.49. The first kappa shape index (κ1) is 20.4. The van der Waals surface area contributed by atoms with Gasteiger partial charge in [0.05, 0.1) is 19.6 Å². The van der Waals surface area contributed by atoms with E-state index >= 15 is 0 Å². The van der Waals surface area contributed by atoms with E-state index in [9.17, 15) is 19.3 Å². The molecular formula is C15H23N2O8P. The van der Waals surface area contributed by atoms with Crippen LogP contribution in [0.3, 0.4) is 0 Å². The number of hydrogen-bond donors (Lipinski definition) is 2. The van der Waals surface area contributed by atoms with E-state index in [1.54, 1.807) is 20.8 Å². The number of nitrogens with zero attached hydrogens (tertiary/aromatic N) is 1. The van der Waals surface area contributed by atoms with Crippen molar-refractivity contribution in [1.82, 2.24) is 9.55 Å². The number of ether oxygens (including phenoxy) is 2. The van der Waals surface area contributed by atoms with Crippen molar-refractivity contribution in [1.29, 1.82) is 0 Å². The Bertz CT molecular complexity index is 818. The number of aryl methyl sites for hydroxylation is 1. The van der Waals surface area contributed by atoms with E-state index in [1.807, 2.05) is 0 Å². The van der Waals surface area contributed by atoms with E-state index in [4.69, 9.17) is 18.5 Å². The zero-order valence-corrected chi connectivity index (χ0v) is 15.8. The molecule has 0 aromatic carbocycles. The lowest BCUT2D eigenvalue weighted by atomic mass is 10.3. The van der Waals surface area contributed by atoms with Crippen LogP contribution in [0.4, 0.5) is 0 Å². The molecule has 1 atom stereocenters. The zero-order valence-electron chi connectivity index (χ0n) is 14.9. The van der Waals surface area contributed by atoms with Crippen LogP contribution in [0.15, 0.2) is 27.3 Å². The van der Waals surface area contributed by atoms with Crippen LogP contribution in [0.25, 0.3) is 0 Å². The second kappa shape index (κ2) is 8.68. The maximum absolute atomic E-state index is 12.5. The molecule has 2 rings (SSSR count). The van der Waals surface area contributed by atoms with Gasteiger partial charge in [0.2, 0.25) is 0 Å². The van der Waals surface area contributed by atoms with Crippen LogP contribution < -0.4 is 11.2 Å². The van der Waals surface area contributed by atoms with Crippen molar-refractivity contribution >= 4 is 7.60 Å². The minimum atomic E-state index is -3.43. The van der Waals surface area contributed by atoms with E-state index in [2.05, 4.69) is 4.98 Å². The lowest BCUT2D eigenvalue weighted by molar-refractivity contribution is 0.0589. The van der Waals surface area contributed by atoms with Gasteiger partial charge in [0.15, 0.2) is 18.3 Å². The van der Waals surface area contributed by atoms with Gasteiger partial charge in [-0.1, -0.05) is 0 Å². The Labute approximate surface area is 149 Å². The van der Waals surface area contributed by atoms with Crippen LogP contribution in [-0.4, -0.2) is 40.8 Å². The monoisotopic (exact) mass is 390 g/mol. The van der Waals surface area contributed by atoms with Gasteiger partial charge in [0.25, 0.3) is 5.56 Å². The maximum Gasteiger partial charge on any atom is 0.367 e. The Balaban J connectivity index is 2.15. The van der Waals surface area contributed by atoms with Gasteiger partial charge < -0.3 is 23.6 Å². The number of hydrogen-bond acceptors (Lipinski definition) is 8. The number of rotatable bonds is 9. The summed E-state index contributed by atoms with van der Waals surface area (Å²) in [5.41, 5.74) is -0.783. The maximum atomic E-state index is 12.5. The highest BCUT2D eigenvalue weighted by atomic mass is 31.2. The molecule has 0 amide bonds. The number of H-pyrrole nitrogens is 1. The van der Waals surface area contributed by atoms with Crippen LogP contribution in [0.1, 0.15) is 32.1 Å². The largest absolute Gasteiger partial charge is 0.481 e. The SMILES string of the molecule is CCOP(=O)(COC1=C(CO)O[C@H](n2cc(C)c(=O)[nH]c2=O)C1)OCC. The van der Waals surface area contributed by atoms with Gasteiger partial charge in [0.1, 0.15) is 12.4 Å². The third kappa shape index (κ3) is 4.64. The molecule has 146 valence electrons. The number of aliphatic hydroxyl groups excluding tert-OH is 1. The molecule has 1 aliphatic heterocycles. The summed E-state index contributed by atoms with van der Waals surface area (Å²) in [5.74, 6) is 0.359. The standard InChI is InChI=1S/C15H23N2O8P/c1-4-23-26(21,24-5-2)9-22-11-6-13(25-12(11)8-18)17-7-10(3)14(19)16-15(17)20/h7,13,18H,4-6,8-9H2,1-3H3,(H,16,19,20)/t13-/m0/s1. The predicted molar refractivity (Wildman–Crippen MR) is 91.7 cm³/mol. The normalized spacial score (nSPS) is 17.5. The van der Waals surface area contributed by atoms with Crippen LogP contribution >= 0.6 is 7.60 Å². The molecule has 1 aromatic rings. The predicted octanol–water partition coefficient (Wildman–Crippen LogP) is 1.21. The molecule has 0 saturated heterocycles. The molecule has 0 unspecified atom stereocenters. The molecular weight excluding hydrogens is 367 g/mol. The number of aliphatic hydroxyl groups is 1. The van der Waals surface area contributed by atoms with E-state index in [0.717, 1.165) is 0 Å². The molecule has 1 aromatic heterocycles. The van der Waals surface area contributed by atoms with Crippen LogP contribution in [-0.2, 0) is 23.1 Å². The second-order valence-electron chi connectivity index (χ2n) is 5.48. The quantitative estimate of drug-likeness (QED) is 0.602. The molecule has 2 N–H and O–H groups in total. The summed E-state index contributed by atoms with van der Waals surface area (Å²) in [4.78, 5) is 25.7. The summed E-state index contributed by atoms with van der Waals surface area (Å²) in [7, 11) is -3.43. The Morgan fingerprint density at radius 3 is 2.58 bits per heavy atom. The average molecular weight is 390 g/mol. The molecule has 26 heavy (non-hydrogen) atoms. The van der Waals surface area contributed by atoms with E-state index in [-0.39, 0.29) is 37.5 Å². The van der Waals surface area contributed by atoms with Crippen LogP contribution in [0.5, 0.6) is 0 Å². The van der Waals surface area contributed by atoms with Gasteiger partial charge in [-0.15, -0.1) is 0 Å². The molecule has 0 saturated carbocycles. The summed E-state index contributed by atoms with van der Waals surface area (Å²) < 4.78 is 35.0. The molecule has 0 bridgehead atoms. The lowest BCUT2D eigenvalue weighted by Gasteiger charge is -2.18. The summed E-state index contributed by atoms with van der Waals surface area (Å²) in [6.07, 6.45) is 0.339. The van der Waals surface area contributed by atoms with Crippen molar-refractivity contribution in [3.8, 4) is 0 Å². The molecule has 0 fully saturated rings. The minimum Gasteiger partial charge on any atom is -0.481 e. The average Bonchev–Trinajstić information content (AvgIpc) is 3.00. The van der Waals surface area contributed by atoms with Crippen molar-refractivity contribution in [3.05, 3.63) is 44.1 Å². The Morgan fingerprint density at radius 1 is 1.35 bits per heavy atom. The third-order valence-electron chi connectivity index (χ3n) is 3.60. The van der Waals surface area contributed by atoms with Crippen molar-refractivity contribution in [2.24, 2.45) is 0 Å². The zero-order chi connectivity index (χ0) is 19.3. The van der Waals surface area contributed by atoms with Gasteiger partial charge in [0, 0.05) is 11.8 Å². The Morgan fingerprint density at radius 2 is 2.00 bits per heavy atom. The number of nitrogens with one attached hydrogen (secondary N) is 1. The van der Waals surface area contributed by atoms with E-state index in [0.29, 0.717) is 5.56 Å². The smallest absolute Gasteiger partial charge is 0.367 e. The molecule has 2 heterocycles. The van der Waals surface area contributed by atoms with Crippen LogP contribution in [0, 0.1) is 6.92 Å². The fourth-order valence-electron chi connectivity index (χ4n) is 2.43. The second-order valence-corrected chi connectivity index (χ2v) is 7.48. The molecule has 10 nitrogen and oxygen atoms in total. The highest BCUT2D eigenvalue weighted by Gasteiger charge is 2.32. The van der Waals surface area contributed by atoms with Crippen molar-refractivity contribution in [3.63, 3.8) is 0 Å². The van der Waals surface area contributed by atoms with Gasteiger partial charge in [-0.3, -0.25) is 18.9 Å². The molecule has 0 radical (unpaired) electrons. The Hall–Kier alpha value is -1.87. The molecule has 1 aliphatic rings. The van der Waals surface area contributed by atoms with Crippen molar-refractivity contribution in [2.45, 2.75) is 33.4 Å². The first-order valence-electron chi connectivity index (χ1n) is 8.16. The summed E-state index contributed by atoms with van der Waals surface area (Å²) in [6, 6.07) is 0. The molecule has 0 aliphatic carbocycles. The van der Waals surface area contributed by atoms with Gasteiger partial charge in [-0.05, 0) is 20.8 Å². The van der Waals surface area contributed by atoms with Crippen molar-refractivity contribution in [2.75, 3.05) is 26.2 Å². The van der Waals surface area contributed by atoms with Crippen molar-refractivity contribution < 1.29 is 28.2 Å². The van der Waals surface area contributed by atoms with Gasteiger partial charge in [-0.2, -0.15) is 0 Å². The van der Waals surface area contributed by atoms with Gasteiger partial charge in [-0.25, -0.2) is 4.79 Å². The number of aromatic amines is 1. The summed E-state index contributed by atoms with van der Waals surface area (Å²) in [5, 5.41) is 9.47. The topological polar surface area (TPSA) is 129 Å². The lowest BCUT2D eigenvalue weighted by Crippen LogP contribution is -2.33. The highest BCUT2D eigenvalue weighted by molar-refractivity contribution is 7.53. The first-order valence-corrected chi connectivity index (χ1v) is 9.88. The molecule has 0 spiro atoms. The van der Waals surface area contributed by atoms with E-state index < -0.39 is 31.7 Å². The summed E-state index contributed by atoms with van der Waals surface area (Å²) in [6.45, 7) is 4.85. The van der Waals surface area contributed by atoms with Gasteiger partial charge >= 0.3 is 13.3 Å². The summed E-state index contributed by atoms with van der Waals surface area (Å²) >= 11 is 0. The van der Waals surface area contributed by atoms with E-state index in [1.165, 1.54) is 10.8 Å². The van der Waals surface area contributed by atoms with Crippen LogP contribution in [0.2, 0.25) is 0 Å². The number of aromatic nitrogens is 2. The third-order valence-corrected chi connectivity index (χ3v) is 5.35.